The van der Waals surface area contributed by atoms with Crippen LogP contribution in [0.2, 0.25) is 0 Å². The molecule has 0 saturated heterocycles. The van der Waals surface area contributed by atoms with Crippen molar-refractivity contribution < 1.29 is 9.18 Å². The predicted molar refractivity (Wildman–Crippen MR) is 98.3 cm³/mol. The molecule has 1 amide bonds. The largest absolute Gasteiger partial charge is 0.334 e. The molecule has 0 fully saturated rings. The van der Waals surface area contributed by atoms with E-state index >= 15 is 0 Å². The lowest BCUT2D eigenvalue weighted by Gasteiger charge is -2.08. The fourth-order valence-corrected chi connectivity index (χ4v) is 2.79. The maximum Gasteiger partial charge on any atom is 0.256 e. The van der Waals surface area contributed by atoms with Gasteiger partial charge in [0.15, 0.2) is 0 Å². The van der Waals surface area contributed by atoms with Crippen LogP contribution in [0.1, 0.15) is 10.4 Å². The molecule has 0 aliphatic carbocycles. The average molecular weight is 346 g/mol. The Hall–Kier alpha value is -3.54. The molecule has 0 aliphatic rings. The number of amides is 1. The predicted octanol–water partition coefficient (Wildman–Crippen LogP) is 4.03. The van der Waals surface area contributed by atoms with Gasteiger partial charge in [0, 0.05) is 29.8 Å². The highest BCUT2D eigenvalue weighted by Crippen LogP contribution is 2.25. The van der Waals surface area contributed by atoms with Gasteiger partial charge in [0.05, 0.1) is 18.2 Å². The third-order valence-electron chi connectivity index (χ3n) is 4.18. The highest BCUT2D eigenvalue weighted by molar-refractivity contribution is 6.04. The molecule has 2 aromatic carbocycles. The summed E-state index contributed by atoms with van der Waals surface area (Å²) in [6, 6.07) is 13.2. The van der Waals surface area contributed by atoms with Gasteiger partial charge in [-0.15, -0.1) is 0 Å². The van der Waals surface area contributed by atoms with Crippen LogP contribution in [-0.2, 0) is 7.05 Å². The molecule has 4 aromatic rings. The number of benzene rings is 2. The number of imidazole rings is 1. The van der Waals surface area contributed by atoms with E-state index in [9.17, 15) is 9.18 Å². The Morgan fingerprint density at radius 1 is 1.04 bits per heavy atom. The van der Waals surface area contributed by atoms with Crippen LogP contribution < -0.4 is 5.32 Å². The van der Waals surface area contributed by atoms with Crippen LogP contribution in [0, 0.1) is 5.82 Å². The number of halogens is 1. The van der Waals surface area contributed by atoms with E-state index in [1.807, 2.05) is 35.9 Å². The zero-order chi connectivity index (χ0) is 18.1. The van der Waals surface area contributed by atoms with E-state index < -0.39 is 0 Å². The SMILES string of the molecule is Cn1cncc1-c1ccc2cnc(NC(=O)c3ccc(F)cc3)cc2c1. The van der Waals surface area contributed by atoms with Gasteiger partial charge >= 0.3 is 0 Å². The minimum absolute atomic E-state index is 0.334. The Bertz CT molecular complexity index is 1100. The molecule has 6 heteroatoms. The van der Waals surface area contributed by atoms with Gasteiger partial charge in [-0.25, -0.2) is 14.4 Å². The molecule has 5 nitrogen and oxygen atoms in total. The van der Waals surface area contributed by atoms with Crippen molar-refractivity contribution in [3.8, 4) is 11.3 Å². The fourth-order valence-electron chi connectivity index (χ4n) is 2.79. The topological polar surface area (TPSA) is 59.8 Å². The number of hydrogen-bond acceptors (Lipinski definition) is 3. The third-order valence-corrected chi connectivity index (χ3v) is 4.18. The lowest BCUT2D eigenvalue weighted by Crippen LogP contribution is -2.12. The van der Waals surface area contributed by atoms with Crippen LogP contribution in [0.15, 0.2) is 67.3 Å². The smallest absolute Gasteiger partial charge is 0.256 e. The van der Waals surface area contributed by atoms with Crippen molar-refractivity contribution in [2.45, 2.75) is 0 Å². The molecule has 0 unspecified atom stereocenters. The molecular formula is C20H15FN4O. The number of anilines is 1. The minimum Gasteiger partial charge on any atom is -0.334 e. The molecule has 2 heterocycles. The summed E-state index contributed by atoms with van der Waals surface area (Å²) in [5, 5.41) is 4.67. The molecule has 1 N–H and O–H groups in total. The van der Waals surface area contributed by atoms with E-state index in [-0.39, 0.29) is 11.7 Å². The van der Waals surface area contributed by atoms with Gasteiger partial charge in [-0.2, -0.15) is 0 Å². The summed E-state index contributed by atoms with van der Waals surface area (Å²) in [7, 11) is 1.94. The third kappa shape index (κ3) is 3.04. The Labute approximate surface area is 149 Å². The summed E-state index contributed by atoms with van der Waals surface area (Å²) in [4.78, 5) is 20.7. The lowest BCUT2D eigenvalue weighted by molar-refractivity contribution is 0.102. The van der Waals surface area contributed by atoms with Crippen molar-refractivity contribution in [1.82, 2.24) is 14.5 Å². The van der Waals surface area contributed by atoms with Crippen molar-refractivity contribution in [1.29, 1.82) is 0 Å². The van der Waals surface area contributed by atoms with Gasteiger partial charge in [-0.3, -0.25) is 4.79 Å². The van der Waals surface area contributed by atoms with Gasteiger partial charge in [-0.05, 0) is 41.8 Å². The molecule has 0 spiro atoms. The molecular weight excluding hydrogens is 331 g/mol. The number of pyridine rings is 1. The number of rotatable bonds is 3. The Kier molecular flexibility index (Phi) is 3.93. The summed E-state index contributed by atoms with van der Waals surface area (Å²) in [5.74, 6) is -0.276. The van der Waals surface area contributed by atoms with Crippen molar-refractivity contribution in [3.63, 3.8) is 0 Å². The van der Waals surface area contributed by atoms with E-state index in [0.717, 1.165) is 22.0 Å². The van der Waals surface area contributed by atoms with Gasteiger partial charge < -0.3 is 9.88 Å². The van der Waals surface area contributed by atoms with Crippen molar-refractivity contribution >= 4 is 22.5 Å². The number of hydrogen-bond donors (Lipinski definition) is 1. The lowest BCUT2D eigenvalue weighted by atomic mass is 10.1. The molecule has 26 heavy (non-hydrogen) atoms. The van der Waals surface area contributed by atoms with Crippen LogP contribution in [0.3, 0.4) is 0 Å². The summed E-state index contributed by atoms with van der Waals surface area (Å²) in [6.45, 7) is 0. The first kappa shape index (κ1) is 16.0. The van der Waals surface area contributed by atoms with E-state index in [0.29, 0.717) is 11.4 Å². The number of nitrogens with one attached hydrogen (secondary N) is 1. The van der Waals surface area contributed by atoms with Gasteiger partial charge in [0.2, 0.25) is 0 Å². The first-order valence-electron chi connectivity index (χ1n) is 8.03. The second-order valence-electron chi connectivity index (χ2n) is 5.98. The number of carbonyl (C=O) groups is 1. The van der Waals surface area contributed by atoms with Crippen LogP contribution in [0.5, 0.6) is 0 Å². The average Bonchev–Trinajstić information content (AvgIpc) is 3.07. The molecule has 128 valence electrons. The van der Waals surface area contributed by atoms with Crippen molar-refractivity contribution in [2.24, 2.45) is 7.05 Å². The zero-order valence-electron chi connectivity index (χ0n) is 14.0. The van der Waals surface area contributed by atoms with E-state index in [1.165, 1.54) is 24.3 Å². The molecule has 0 radical (unpaired) electrons. The quantitative estimate of drug-likeness (QED) is 0.609. The molecule has 0 saturated carbocycles. The molecule has 4 rings (SSSR count). The number of aryl methyl sites for hydroxylation is 1. The number of aromatic nitrogens is 3. The highest BCUT2D eigenvalue weighted by Gasteiger charge is 2.09. The maximum atomic E-state index is 13.0. The van der Waals surface area contributed by atoms with Gasteiger partial charge in [0.1, 0.15) is 11.6 Å². The molecule has 0 aliphatic heterocycles. The van der Waals surface area contributed by atoms with Crippen LogP contribution in [-0.4, -0.2) is 20.4 Å². The molecule has 0 atom stereocenters. The summed E-state index contributed by atoms with van der Waals surface area (Å²) in [5.41, 5.74) is 2.40. The Balaban J connectivity index is 1.65. The number of carbonyl (C=O) groups excluding carboxylic acids is 1. The standard InChI is InChI=1S/C20H15FN4O/c1-25-12-22-11-18(25)14-2-3-15-10-23-19(9-16(15)8-14)24-20(26)13-4-6-17(21)7-5-13/h2-12H,1H3,(H,23,24,26). The van der Waals surface area contributed by atoms with Crippen LogP contribution in [0.25, 0.3) is 22.0 Å². The van der Waals surface area contributed by atoms with Crippen LogP contribution >= 0.6 is 0 Å². The second kappa shape index (κ2) is 6.40. The summed E-state index contributed by atoms with van der Waals surface area (Å²) in [6.07, 6.45) is 5.27. The first-order chi connectivity index (χ1) is 12.6. The minimum atomic E-state index is -0.381. The fraction of sp³-hybridized carbons (Fsp3) is 0.0500. The maximum absolute atomic E-state index is 13.0. The van der Waals surface area contributed by atoms with Crippen molar-refractivity contribution in [3.05, 3.63) is 78.6 Å². The summed E-state index contributed by atoms with van der Waals surface area (Å²) >= 11 is 0. The zero-order valence-corrected chi connectivity index (χ0v) is 14.0. The van der Waals surface area contributed by atoms with E-state index in [4.69, 9.17) is 0 Å². The first-order valence-corrected chi connectivity index (χ1v) is 8.03. The monoisotopic (exact) mass is 346 g/mol. The van der Waals surface area contributed by atoms with Gasteiger partial charge in [-0.1, -0.05) is 12.1 Å². The highest BCUT2D eigenvalue weighted by atomic mass is 19.1. The second-order valence-corrected chi connectivity index (χ2v) is 5.98. The Morgan fingerprint density at radius 2 is 1.85 bits per heavy atom. The normalized spacial score (nSPS) is 10.8. The molecule has 2 aromatic heterocycles. The number of fused-ring (bicyclic) bond motifs is 1. The van der Waals surface area contributed by atoms with Crippen LogP contribution in [0.4, 0.5) is 10.2 Å². The van der Waals surface area contributed by atoms with Crippen molar-refractivity contribution in [2.75, 3.05) is 5.32 Å². The van der Waals surface area contributed by atoms with E-state index in [2.05, 4.69) is 15.3 Å². The Morgan fingerprint density at radius 3 is 2.58 bits per heavy atom. The van der Waals surface area contributed by atoms with Gasteiger partial charge in [0.25, 0.3) is 5.91 Å². The number of nitrogens with zero attached hydrogens (tertiary/aromatic N) is 3. The van der Waals surface area contributed by atoms with E-state index in [1.54, 1.807) is 18.7 Å². The summed E-state index contributed by atoms with van der Waals surface area (Å²) < 4.78 is 14.9. The molecule has 0 bridgehead atoms.